The maximum absolute atomic E-state index is 10.3. The van der Waals surface area contributed by atoms with E-state index in [-0.39, 0.29) is 6.10 Å². The van der Waals surface area contributed by atoms with Crippen molar-refractivity contribution in [1.29, 1.82) is 0 Å². The summed E-state index contributed by atoms with van der Waals surface area (Å²) in [5.41, 5.74) is 2.34. The fraction of sp³-hybridized carbons (Fsp3) is 0.625. The first-order valence-electron chi connectivity index (χ1n) is 7.06. The molecule has 0 saturated carbocycles. The van der Waals surface area contributed by atoms with Crippen LogP contribution in [0.15, 0.2) is 24.3 Å². The number of aryl methyl sites for hydroxylation is 1. The minimum atomic E-state index is -0.380. The van der Waals surface area contributed by atoms with Crippen LogP contribution in [0.25, 0.3) is 0 Å². The first-order chi connectivity index (χ1) is 8.56. The van der Waals surface area contributed by atoms with Crippen molar-refractivity contribution in [1.82, 2.24) is 4.90 Å². The highest BCUT2D eigenvalue weighted by Crippen LogP contribution is 2.16. The number of nitrogens with zero attached hydrogens (tertiary/aromatic N) is 1. The minimum Gasteiger partial charge on any atom is -0.387 e. The Labute approximate surface area is 112 Å². The molecule has 0 aromatic heterocycles. The Balaban J connectivity index is 2.59. The van der Waals surface area contributed by atoms with Crippen molar-refractivity contribution < 1.29 is 5.11 Å². The number of benzene rings is 1. The predicted molar refractivity (Wildman–Crippen MR) is 77.7 cm³/mol. The van der Waals surface area contributed by atoms with Crippen molar-refractivity contribution in [3.05, 3.63) is 35.4 Å². The molecule has 0 amide bonds. The summed E-state index contributed by atoms with van der Waals surface area (Å²) in [7, 11) is 0. The van der Waals surface area contributed by atoms with Crippen molar-refractivity contribution in [3.8, 4) is 0 Å². The second-order valence-electron chi connectivity index (χ2n) is 5.36. The van der Waals surface area contributed by atoms with Crippen molar-refractivity contribution in [2.75, 3.05) is 19.6 Å². The maximum Gasteiger partial charge on any atom is 0.0916 e. The summed E-state index contributed by atoms with van der Waals surface area (Å²) >= 11 is 0. The SMILES string of the molecule is CCc1ccc(C(O)CN(CC)CC(C)C)cc1. The van der Waals surface area contributed by atoms with Gasteiger partial charge in [0.2, 0.25) is 0 Å². The van der Waals surface area contributed by atoms with E-state index < -0.39 is 0 Å². The standard InChI is InChI=1S/C16H27NO/c1-5-14-7-9-15(10-8-14)16(18)12-17(6-2)11-13(3)4/h7-10,13,16,18H,5-6,11-12H2,1-4H3. The third kappa shape index (κ3) is 4.79. The van der Waals surface area contributed by atoms with Gasteiger partial charge in [0.1, 0.15) is 0 Å². The highest BCUT2D eigenvalue weighted by Gasteiger charge is 2.13. The van der Waals surface area contributed by atoms with E-state index in [9.17, 15) is 5.11 Å². The lowest BCUT2D eigenvalue weighted by molar-refractivity contribution is 0.109. The van der Waals surface area contributed by atoms with Crippen LogP contribution in [0, 0.1) is 5.92 Å². The molecule has 0 fully saturated rings. The highest BCUT2D eigenvalue weighted by atomic mass is 16.3. The molecule has 0 heterocycles. The van der Waals surface area contributed by atoms with Gasteiger partial charge < -0.3 is 10.0 Å². The van der Waals surface area contributed by atoms with Gasteiger partial charge in [0.25, 0.3) is 0 Å². The van der Waals surface area contributed by atoms with Crippen LogP contribution in [0.3, 0.4) is 0 Å². The van der Waals surface area contributed by atoms with Crippen LogP contribution >= 0.6 is 0 Å². The molecule has 0 saturated heterocycles. The Hall–Kier alpha value is -0.860. The van der Waals surface area contributed by atoms with Crippen molar-refractivity contribution in [3.63, 3.8) is 0 Å². The number of aliphatic hydroxyl groups is 1. The highest BCUT2D eigenvalue weighted by molar-refractivity contribution is 5.24. The van der Waals surface area contributed by atoms with E-state index in [4.69, 9.17) is 0 Å². The fourth-order valence-electron chi connectivity index (χ4n) is 2.17. The first kappa shape index (κ1) is 15.2. The van der Waals surface area contributed by atoms with E-state index in [2.05, 4.69) is 44.7 Å². The molecule has 1 unspecified atom stereocenters. The summed E-state index contributed by atoms with van der Waals surface area (Å²) in [6.07, 6.45) is 0.666. The lowest BCUT2D eigenvalue weighted by atomic mass is 10.0. The van der Waals surface area contributed by atoms with Crippen molar-refractivity contribution in [2.24, 2.45) is 5.92 Å². The van der Waals surface area contributed by atoms with Gasteiger partial charge >= 0.3 is 0 Å². The third-order valence-corrected chi connectivity index (χ3v) is 3.27. The number of likely N-dealkylation sites (N-methyl/N-ethyl adjacent to an activating group) is 1. The Kier molecular flexibility index (Phi) is 6.37. The van der Waals surface area contributed by atoms with Crippen LogP contribution in [-0.2, 0) is 6.42 Å². The lowest BCUT2D eigenvalue weighted by Crippen LogP contribution is -2.31. The van der Waals surface area contributed by atoms with Gasteiger partial charge in [-0.1, -0.05) is 52.0 Å². The summed E-state index contributed by atoms with van der Waals surface area (Å²) in [6, 6.07) is 8.31. The van der Waals surface area contributed by atoms with E-state index in [1.54, 1.807) is 0 Å². The lowest BCUT2D eigenvalue weighted by Gasteiger charge is -2.25. The second-order valence-corrected chi connectivity index (χ2v) is 5.36. The third-order valence-electron chi connectivity index (χ3n) is 3.27. The van der Waals surface area contributed by atoms with E-state index in [1.165, 1.54) is 5.56 Å². The Morgan fingerprint density at radius 2 is 1.67 bits per heavy atom. The molecule has 1 rings (SSSR count). The van der Waals surface area contributed by atoms with Crippen molar-refractivity contribution in [2.45, 2.75) is 40.2 Å². The maximum atomic E-state index is 10.3. The zero-order valence-corrected chi connectivity index (χ0v) is 12.2. The van der Waals surface area contributed by atoms with E-state index >= 15 is 0 Å². The molecule has 0 bridgehead atoms. The van der Waals surface area contributed by atoms with Crippen LogP contribution in [0.4, 0.5) is 0 Å². The molecule has 18 heavy (non-hydrogen) atoms. The number of hydrogen-bond donors (Lipinski definition) is 1. The first-order valence-corrected chi connectivity index (χ1v) is 7.06. The topological polar surface area (TPSA) is 23.5 Å². The zero-order chi connectivity index (χ0) is 13.5. The molecule has 0 aliphatic heterocycles. The molecule has 1 atom stereocenters. The molecule has 0 aliphatic carbocycles. The van der Waals surface area contributed by atoms with Crippen LogP contribution in [0.5, 0.6) is 0 Å². The summed E-state index contributed by atoms with van der Waals surface area (Å²) < 4.78 is 0. The molecular weight excluding hydrogens is 222 g/mol. The second kappa shape index (κ2) is 7.55. The van der Waals surface area contributed by atoms with Crippen LogP contribution in [0.2, 0.25) is 0 Å². The van der Waals surface area contributed by atoms with Crippen molar-refractivity contribution >= 4 is 0 Å². The Morgan fingerprint density at radius 1 is 1.06 bits per heavy atom. The Morgan fingerprint density at radius 3 is 2.11 bits per heavy atom. The molecule has 0 radical (unpaired) electrons. The number of rotatable bonds is 7. The largest absolute Gasteiger partial charge is 0.387 e. The van der Waals surface area contributed by atoms with E-state index in [0.29, 0.717) is 5.92 Å². The molecular formula is C16H27NO. The summed E-state index contributed by atoms with van der Waals surface area (Å²) in [6.45, 7) is 11.5. The van der Waals surface area contributed by atoms with Gasteiger partial charge in [-0.2, -0.15) is 0 Å². The molecule has 1 aromatic carbocycles. The van der Waals surface area contributed by atoms with E-state index in [0.717, 1.165) is 31.6 Å². The average molecular weight is 249 g/mol. The molecule has 2 nitrogen and oxygen atoms in total. The monoisotopic (exact) mass is 249 g/mol. The predicted octanol–water partition coefficient (Wildman–Crippen LogP) is 3.26. The molecule has 1 aromatic rings. The van der Waals surface area contributed by atoms with Gasteiger partial charge in [-0.25, -0.2) is 0 Å². The smallest absolute Gasteiger partial charge is 0.0916 e. The fourth-order valence-corrected chi connectivity index (χ4v) is 2.17. The van der Waals surface area contributed by atoms with Crippen LogP contribution < -0.4 is 0 Å². The average Bonchev–Trinajstić information content (AvgIpc) is 2.37. The van der Waals surface area contributed by atoms with Gasteiger partial charge in [-0.3, -0.25) is 0 Å². The summed E-state index contributed by atoms with van der Waals surface area (Å²) in [4.78, 5) is 2.31. The van der Waals surface area contributed by atoms with Crippen LogP contribution in [0.1, 0.15) is 44.9 Å². The Bertz CT molecular complexity index is 331. The van der Waals surface area contributed by atoms with Gasteiger partial charge in [0.05, 0.1) is 6.10 Å². The molecule has 0 spiro atoms. The normalized spacial score (nSPS) is 13.3. The van der Waals surface area contributed by atoms with E-state index in [1.807, 2.05) is 12.1 Å². The van der Waals surface area contributed by atoms with Crippen LogP contribution in [-0.4, -0.2) is 29.6 Å². The van der Waals surface area contributed by atoms with Gasteiger partial charge in [0.15, 0.2) is 0 Å². The zero-order valence-electron chi connectivity index (χ0n) is 12.2. The van der Waals surface area contributed by atoms with Gasteiger partial charge in [0, 0.05) is 13.1 Å². The minimum absolute atomic E-state index is 0.380. The number of aliphatic hydroxyl groups excluding tert-OH is 1. The summed E-state index contributed by atoms with van der Waals surface area (Å²) in [5.74, 6) is 0.639. The molecule has 2 heteroatoms. The molecule has 1 N–H and O–H groups in total. The molecule has 0 aliphatic rings. The van der Waals surface area contributed by atoms with Gasteiger partial charge in [-0.15, -0.1) is 0 Å². The molecule has 102 valence electrons. The quantitative estimate of drug-likeness (QED) is 0.802. The van der Waals surface area contributed by atoms with Gasteiger partial charge in [-0.05, 0) is 30.0 Å². The number of hydrogen-bond acceptors (Lipinski definition) is 2. The summed E-state index contributed by atoms with van der Waals surface area (Å²) in [5, 5.41) is 10.3.